The monoisotopic (exact) mass is 356 g/mol. The Balaban J connectivity index is 2.11. The van der Waals surface area contributed by atoms with Crippen LogP contribution in [0.1, 0.15) is 5.56 Å². The van der Waals surface area contributed by atoms with Gasteiger partial charge >= 0.3 is 6.18 Å². The van der Waals surface area contributed by atoms with Crippen LogP contribution in [-0.4, -0.2) is 16.6 Å². The van der Waals surface area contributed by atoms with Crippen LogP contribution in [0.25, 0.3) is 0 Å². The second-order valence-corrected chi connectivity index (χ2v) is 5.69. The van der Waals surface area contributed by atoms with E-state index in [1.165, 1.54) is 11.8 Å². The minimum Gasteiger partial charge on any atom is -0.320 e. The maximum Gasteiger partial charge on any atom is 0.416 e. The lowest BCUT2D eigenvalue weighted by molar-refractivity contribution is -0.384. The molecule has 2 aromatic rings. The number of anilines is 1. The van der Waals surface area contributed by atoms with E-state index in [-0.39, 0.29) is 11.4 Å². The standard InChI is InChI=1S/C15H11F3N2O3S/c16-15(17,18)10-6-7-12(13(8-10)20(22)23)19-14(21)9-24-11-4-2-1-3-5-11/h1-8H,9H2,(H,19,21). The predicted octanol–water partition coefficient (Wildman–Crippen LogP) is 4.34. The first kappa shape index (κ1) is 17.8. The molecule has 0 fully saturated rings. The van der Waals surface area contributed by atoms with Gasteiger partial charge in [-0.25, -0.2) is 0 Å². The van der Waals surface area contributed by atoms with Crippen LogP contribution < -0.4 is 5.32 Å². The molecule has 2 aromatic carbocycles. The SMILES string of the molecule is O=C(CSc1ccccc1)Nc1ccc(C(F)(F)F)cc1[N+](=O)[O-]. The summed E-state index contributed by atoms with van der Waals surface area (Å²) < 4.78 is 37.9. The maximum atomic E-state index is 12.6. The molecule has 0 atom stereocenters. The summed E-state index contributed by atoms with van der Waals surface area (Å²) in [4.78, 5) is 22.7. The van der Waals surface area contributed by atoms with Gasteiger partial charge in [0.25, 0.3) is 5.69 Å². The van der Waals surface area contributed by atoms with Gasteiger partial charge in [0.05, 0.1) is 16.2 Å². The number of hydrogen-bond donors (Lipinski definition) is 1. The molecule has 0 aliphatic carbocycles. The number of nitro benzene ring substituents is 1. The van der Waals surface area contributed by atoms with Crippen molar-refractivity contribution in [3.8, 4) is 0 Å². The van der Waals surface area contributed by atoms with Crippen LogP contribution in [-0.2, 0) is 11.0 Å². The zero-order valence-corrected chi connectivity index (χ0v) is 12.9. The third-order valence-corrected chi connectivity index (χ3v) is 3.92. The molecule has 24 heavy (non-hydrogen) atoms. The predicted molar refractivity (Wildman–Crippen MR) is 83.9 cm³/mol. The Morgan fingerprint density at radius 2 is 1.83 bits per heavy atom. The first-order valence-corrected chi connectivity index (χ1v) is 7.59. The minimum absolute atomic E-state index is 0.0256. The Labute approximate surface area is 139 Å². The summed E-state index contributed by atoms with van der Waals surface area (Å²) in [5, 5.41) is 13.2. The van der Waals surface area contributed by atoms with Crippen LogP contribution in [0.15, 0.2) is 53.4 Å². The van der Waals surface area contributed by atoms with Crippen molar-refractivity contribution in [3.63, 3.8) is 0 Å². The third kappa shape index (κ3) is 4.72. The van der Waals surface area contributed by atoms with Gasteiger partial charge in [0, 0.05) is 11.0 Å². The number of halogens is 3. The van der Waals surface area contributed by atoms with Crippen LogP contribution >= 0.6 is 11.8 Å². The van der Waals surface area contributed by atoms with Crippen molar-refractivity contribution in [2.45, 2.75) is 11.1 Å². The molecule has 9 heteroatoms. The summed E-state index contributed by atoms with van der Waals surface area (Å²) in [6.07, 6.45) is -4.70. The molecule has 126 valence electrons. The van der Waals surface area contributed by atoms with Crippen molar-refractivity contribution in [1.29, 1.82) is 0 Å². The quantitative estimate of drug-likeness (QED) is 0.491. The Kier molecular flexibility index (Phi) is 5.45. The molecule has 5 nitrogen and oxygen atoms in total. The lowest BCUT2D eigenvalue weighted by Gasteiger charge is -2.10. The molecule has 0 aliphatic rings. The number of thioether (sulfide) groups is 1. The van der Waals surface area contributed by atoms with E-state index >= 15 is 0 Å². The molecular formula is C15H11F3N2O3S. The molecule has 0 aromatic heterocycles. The van der Waals surface area contributed by atoms with Crippen molar-refractivity contribution in [1.82, 2.24) is 0 Å². The number of nitro groups is 1. The van der Waals surface area contributed by atoms with E-state index in [0.29, 0.717) is 12.1 Å². The number of carbonyl (C=O) groups excluding carboxylic acids is 1. The fraction of sp³-hybridized carbons (Fsp3) is 0.133. The average molecular weight is 356 g/mol. The van der Waals surface area contributed by atoms with Gasteiger partial charge in [0.15, 0.2) is 0 Å². The third-order valence-electron chi connectivity index (χ3n) is 2.91. The highest BCUT2D eigenvalue weighted by molar-refractivity contribution is 8.00. The first-order chi connectivity index (χ1) is 11.3. The van der Waals surface area contributed by atoms with Gasteiger partial charge in [-0.1, -0.05) is 18.2 Å². The maximum absolute atomic E-state index is 12.6. The Morgan fingerprint density at radius 3 is 2.42 bits per heavy atom. The second kappa shape index (κ2) is 7.35. The van der Waals surface area contributed by atoms with Crippen molar-refractivity contribution >= 4 is 29.0 Å². The molecule has 0 saturated heterocycles. The second-order valence-electron chi connectivity index (χ2n) is 4.64. The van der Waals surface area contributed by atoms with Gasteiger partial charge < -0.3 is 5.32 Å². The Hall–Kier alpha value is -2.55. The zero-order chi connectivity index (χ0) is 17.7. The van der Waals surface area contributed by atoms with E-state index in [2.05, 4.69) is 5.32 Å². The largest absolute Gasteiger partial charge is 0.416 e. The van der Waals surface area contributed by atoms with E-state index in [0.717, 1.165) is 11.0 Å². The van der Waals surface area contributed by atoms with Gasteiger partial charge in [0.2, 0.25) is 5.91 Å². The minimum atomic E-state index is -4.70. The lowest BCUT2D eigenvalue weighted by atomic mass is 10.1. The summed E-state index contributed by atoms with van der Waals surface area (Å²) in [5.74, 6) is -0.575. The zero-order valence-electron chi connectivity index (χ0n) is 12.0. The average Bonchev–Trinajstić information content (AvgIpc) is 2.53. The molecule has 0 bridgehead atoms. The number of benzene rings is 2. The Morgan fingerprint density at radius 1 is 1.17 bits per heavy atom. The topological polar surface area (TPSA) is 72.2 Å². The van der Waals surface area contributed by atoms with E-state index in [9.17, 15) is 28.1 Å². The van der Waals surface area contributed by atoms with Gasteiger partial charge in [-0.15, -0.1) is 11.8 Å². The van der Waals surface area contributed by atoms with Crippen LogP contribution in [0.5, 0.6) is 0 Å². The van der Waals surface area contributed by atoms with Gasteiger partial charge in [-0.3, -0.25) is 14.9 Å². The molecule has 0 aliphatic heterocycles. The summed E-state index contributed by atoms with van der Waals surface area (Å²) in [6, 6.07) is 11.0. The van der Waals surface area contributed by atoms with Crippen molar-refractivity contribution < 1.29 is 22.9 Å². The molecule has 2 rings (SSSR count). The Bertz CT molecular complexity index is 751. The van der Waals surface area contributed by atoms with Gasteiger partial charge in [0.1, 0.15) is 5.69 Å². The molecule has 0 radical (unpaired) electrons. The molecule has 1 N–H and O–H groups in total. The number of hydrogen-bond acceptors (Lipinski definition) is 4. The number of rotatable bonds is 5. The summed E-state index contributed by atoms with van der Waals surface area (Å²) >= 11 is 1.21. The van der Waals surface area contributed by atoms with Gasteiger partial charge in [-0.05, 0) is 24.3 Å². The fourth-order valence-electron chi connectivity index (χ4n) is 1.82. The summed E-state index contributed by atoms with van der Waals surface area (Å²) in [5.41, 5.74) is -2.22. The molecule has 0 heterocycles. The van der Waals surface area contributed by atoms with E-state index in [1.54, 1.807) is 24.3 Å². The highest BCUT2D eigenvalue weighted by Crippen LogP contribution is 2.35. The van der Waals surface area contributed by atoms with Gasteiger partial charge in [-0.2, -0.15) is 13.2 Å². The summed E-state index contributed by atoms with van der Waals surface area (Å²) in [7, 11) is 0. The first-order valence-electron chi connectivity index (χ1n) is 6.60. The van der Waals surface area contributed by atoms with Crippen molar-refractivity contribution in [2.24, 2.45) is 0 Å². The molecule has 0 spiro atoms. The van der Waals surface area contributed by atoms with E-state index in [4.69, 9.17) is 0 Å². The molecular weight excluding hydrogens is 345 g/mol. The van der Waals surface area contributed by atoms with Crippen LogP contribution in [0, 0.1) is 10.1 Å². The van der Waals surface area contributed by atoms with Crippen molar-refractivity contribution in [3.05, 3.63) is 64.2 Å². The lowest BCUT2D eigenvalue weighted by Crippen LogP contribution is -2.16. The van der Waals surface area contributed by atoms with Crippen LogP contribution in [0.4, 0.5) is 24.5 Å². The van der Waals surface area contributed by atoms with Crippen LogP contribution in [0.2, 0.25) is 0 Å². The highest BCUT2D eigenvalue weighted by Gasteiger charge is 2.33. The van der Waals surface area contributed by atoms with Crippen molar-refractivity contribution in [2.75, 3.05) is 11.1 Å². The number of nitrogens with one attached hydrogen (secondary N) is 1. The van der Waals surface area contributed by atoms with E-state index in [1.807, 2.05) is 6.07 Å². The molecule has 1 amide bonds. The number of alkyl halides is 3. The van der Waals surface area contributed by atoms with Crippen LogP contribution in [0.3, 0.4) is 0 Å². The molecule has 0 saturated carbocycles. The summed E-state index contributed by atoms with van der Waals surface area (Å²) in [6.45, 7) is 0. The highest BCUT2D eigenvalue weighted by atomic mass is 32.2. The molecule has 0 unspecified atom stereocenters. The fourth-order valence-corrected chi connectivity index (χ4v) is 2.54. The number of amides is 1. The number of nitrogens with zero attached hydrogens (tertiary/aromatic N) is 1. The van der Waals surface area contributed by atoms with E-state index < -0.39 is 28.3 Å². The number of carbonyl (C=O) groups is 1. The normalized spacial score (nSPS) is 11.1. The smallest absolute Gasteiger partial charge is 0.320 e.